The van der Waals surface area contributed by atoms with Crippen LogP contribution < -0.4 is 10.1 Å². The lowest BCUT2D eigenvalue weighted by Gasteiger charge is -2.13. The summed E-state index contributed by atoms with van der Waals surface area (Å²) >= 11 is 1.59. The predicted octanol–water partition coefficient (Wildman–Crippen LogP) is 7.12. The molecule has 0 saturated heterocycles. The van der Waals surface area contributed by atoms with Gasteiger partial charge in [0.05, 0.1) is 5.70 Å². The van der Waals surface area contributed by atoms with Gasteiger partial charge >= 0.3 is 0 Å². The van der Waals surface area contributed by atoms with Gasteiger partial charge in [0.1, 0.15) is 17.0 Å². The van der Waals surface area contributed by atoms with Gasteiger partial charge in [-0.25, -0.2) is 0 Å². The number of ketones is 1. The molecule has 0 fully saturated rings. The van der Waals surface area contributed by atoms with Crippen molar-refractivity contribution in [2.45, 2.75) is 27.2 Å². The molecule has 0 radical (unpaired) electrons. The van der Waals surface area contributed by atoms with Gasteiger partial charge in [-0.1, -0.05) is 61.7 Å². The molecule has 1 aliphatic heterocycles. The Morgan fingerprint density at radius 1 is 1.06 bits per heavy atom. The monoisotopic (exact) mass is 427 g/mol. The fourth-order valence-corrected chi connectivity index (χ4v) is 4.22. The van der Waals surface area contributed by atoms with Crippen LogP contribution in [0.2, 0.25) is 0 Å². The van der Waals surface area contributed by atoms with Gasteiger partial charge in [-0.15, -0.1) is 0 Å². The highest BCUT2D eigenvalue weighted by Gasteiger charge is 2.16. The van der Waals surface area contributed by atoms with Crippen LogP contribution in [-0.4, -0.2) is 5.78 Å². The maximum Gasteiger partial charge on any atom is 0.188 e. The summed E-state index contributed by atoms with van der Waals surface area (Å²) in [5.41, 5.74) is 5.39. The molecule has 0 bridgehead atoms. The summed E-state index contributed by atoms with van der Waals surface area (Å²) < 4.78 is 5.97. The van der Waals surface area contributed by atoms with E-state index in [2.05, 4.69) is 59.8 Å². The van der Waals surface area contributed by atoms with Crippen LogP contribution in [0.5, 0.6) is 5.75 Å². The number of Topliss-reactive ketones (excluding diaryl/α,β-unsaturated/α-hetero) is 1. The van der Waals surface area contributed by atoms with Crippen LogP contribution in [0.3, 0.4) is 0 Å². The van der Waals surface area contributed by atoms with Gasteiger partial charge < -0.3 is 10.1 Å². The van der Waals surface area contributed by atoms with Crippen LogP contribution in [0.4, 0.5) is 0 Å². The third-order valence-electron chi connectivity index (χ3n) is 5.65. The number of rotatable bonds is 6. The lowest BCUT2D eigenvalue weighted by molar-refractivity contribution is 0.103. The molecule has 0 amide bonds. The molecule has 1 aliphatic rings. The summed E-state index contributed by atoms with van der Waals surface area (Å²) in [5, 5.41) is 8.88. The smallest absolute Gasteiger partial charge is 0.188 e. The molecule has 3 nitrogen and oxygen atoms in total. The number of ether oxygens (including phenoxy) is 1. The Morgan fingerprint density at radius 2 is 1.84 bits per heavy atom. The largest absolute Gasteiger partial charge is 0.462 e. The second kappa shape index (κ2) is 8.86. The molecule has 4 rings (SSSR count). The van der Waals surface area contributed by atoms with E-state index in [4.69, 9.17) is 4.74 Å². The van der Waals surface area contributed by atoms with E-state index >= 15 is 0 Å². The molecule has 1 heterocycles. The van der Waals surface area contributed by atoms with Crippen molar-refractivity contribution in [1.82, 2.24) is 5.32 Å². The molecule has 0 spiro atoms. The van der Waals surface area contributed by atoms with Crippen molar-refractivity contribution >= 4 is 34.0 Å². The standard InChI is InChI=1S/C27H25NO2S/c1-5-17(2)27(29)23-12-13-25(19(4)18(23)3)30-15-26-28-24(16-31-26)22-11-10-20-8-6-7-9-21(20)14-22/h6-16,28H,2,5H2,1,3-4H3. The third-order valence-corrected chi connectivity index (χ3v) is 6.45. The Bertz CT molecular complexity index is 1250. The van der Waals surface area contributed by atoms with Gasteiger partial charge in [0.15, 0.2) is 5.78 Å². The zero-order valence-corrected chi connectivity index (χ0v) is 18.8. The van der Waals surface area contributed by atoms with E-state index in [1.165, 1.54) is 10.8 Å². The average Bonchev–Trinajstić information content (AvgIpc) is 3.28. The molecule has 156 valence electrons. The summed E-state index contributed by atoms with van der Waals surface area (Å²) in [5.74, 6) is 0.746. The quantitative estimate of drug-likeness (QED) is 0.258. The first-order valence-corrected chi connectivity index (χ1v) is 11.2. The number of carbonyl (C=O) groups is 1. The molecule has 4 heteroatoms. The van der Waals surface area contributed by atoms with Crippen molar-refractivity contribution in [3.8, 4) is 5.75 Å². The second-order valence-electron chi connectivity index (χ2n) is 7.58. The van der Waals surface area contributed by atoms with E-state index in [-0.39, 0.29) is 5.78 Å². The zero-order valence-electron chi connectivity index (χ0n) is 18.0. The number of fused-ring (bicyclic) bond motifs is 1. The van der Waals surface area contributed by atoms with Crippen LogP contribution >= 0.6 is 11.8 Å². The normalized spacial score (nSPS) is 14.4. The number of hydrogen-bond donors (Lipinski definition) is 1. The van der Waals surface area contributed by atoms with Crippen molar-refractivity contribution < 1.29 is 9.53 Å². The Hall–Kier alpha value is -3.24. The summed E-state index contributed by atoms with van der Waals surface area (Å²) in [4.78, 5) is 12.5. The Kier molecular flexibility index (Phi) is 6.01. The Labute approximate surface area is 187 Å². The van der Waals surface area contributed by atoms with Crippen LogP contribution in [-0.2, 0) is 0 Å². The second-order valence-corrected chi connectivity index (χ2v) is 8.49. The number of thioether (sulfide) groups is 1. The summed E-state index contributed by atoms with van der Waals surface area (Å²) in [7, 11) is 0. The fourth-order valence-electron chi connectivity index (χ4n) is 3.51. The third kappa shape index (κ3) is 4.30. The van der Waals surface area contributed by atoms with Gasteiger partial charge in [-0.05, 0) is 71.5 Å². The molecule has 0 saturated carbocycles. The maximum absolute atomic E-state index is 12.5. The molecule has 0 aliphatic carbocycles. The van der Waals surface area contributed by atoms with Crippen LogP contribution in [0, 0.1) is 13.8 Å². The van der Waals surface area contributed by atoms with Gasteiger partial charge in [0, 0.05) is 11.0 Å². The average molecular weight is 428 g/mol. The van der Waals surface area contributed by atoms with Crippen LogP contribution in [0.1, 0.15) is 40.4 Å². The summed E-state index contributed by atoms with van der Waals surface area (Å²) in [6, 6.07) is 18.5. The number of carbonyl (C=O) groups excluding carboxylic acids is 1. The van der Waals surface area contributed by atoms with Crippen molar-refractivity contribution in [2.75, 3.05) is 0 Å². The fraction of sp³-hybridized carbons (Fsp3) is 0.148. The number of hydrogen-bond acceptors (Lipinski definition) is 4. The molecule has 0 unspecified atom stereocenters. The summed E-state index contributed by atoms with van der Waals surface area (Å²) in [6.45, 7) is 9.74. The van der Waals surface area contributed by atoms with Crippen molar-refractivity contribution in [3.63, 3.8) is 0 Å². The molecular weight excluding hydrogens is 402 g/mol. The SMILES string of the molecule is C=C(CC)C(=O)c1ccc(OC=C2NC(c3ccc4ccccc4c3)=CS2)c(C)c1C. The van der Waals surface area contributed by atoms with Crippen molar-refractivity contribution in [3.05, 3.63) is 106 Å². The van der Waals surface area contributed by atoms with E-state index in [0.717, 1.165) is 33.2 Å². The predicted molar refractivity (Wildman–Crippen MR) is 131 cm³/mol. The summed E-state index contributed by atoms with van der Waals surface area (Å²) in [6.07, 6.45) is 2.38. The van der Waals surface area contributed by atoms with E-state index in [1.807, 2.05) is 32.9 Å². The van der Waals surface area contributed by atoms with Crippen LogP contribution in [0.25, 0.3) is 16.5 Å². The highest BCUT2D eigenvalue weighted by molar-refractivity contribution is 8.06. The lowest BCUT2D eigenvalue weighted by Crippen LogP contribution is -2.07. The van der Waals surface area contributed by atoms with E-state index in [0.29, 0.717) is 17.6 Å². The van der Waals surface area contributed by atoms with E-state index in [9.17, 15) is 4.79 Å². The highest BCUT2D eigenvalue weighted by atomic mass is 32.2. The minimum atomic E-state index is 0.00486. The van der Waals surface area contributed by atoms with Gasteiger partial charge in [0.25, 0.3) is 0 Å². The molecule has 0 atom stereocenters. The van der Waals surface area contributed by atoms with Gasteiger partial charge in [-0.2, -0.15) is 0 Å². The number of allylic oxidation sites excluding steroid dienone is 1. The van der Waals surface area contributed by atoms with Crippen LogP contribution in [0.15, 0.2) is 83.4 Å². The number of benzene rings is 3. The maximum atomic E-state index is 12.5. The first-order valence-electron chi connectivity index (χ1n) is 10.3. The molecular formula is C27H25NO2S. The molecule has 0 aromatic heterocycles. The molecule has 3 aromatic carbocycles. The Balaban J connectivity index is 1.48. The minimum Gasteiger partial charge on any atom is -0.462 e. The minimum absolute atomic E-state index is 0.00486. The van der Waals surface area contributed by atoms with Crippen molar-refractivity contribution in [1.29, 1.82) is 0 Å². The zero-order chi connectivity index (χ0) is 22.0. The molecule has 31 heavy (non-hydrogen) atoms. The number of nitrogens with one attached hydrogen (secondary N) is 1. The Morgan fingerprint density at radius 3 is 2.61 bits per heavy atom. The lowest BCUT2D eigenvalue weighted by atomic mass is 9.95. The highest BCUT2D eigenvalue weighted by Crippen LogP contribution is 2.32. The van der Waals surface area contributed by atoms with Gasteiger partial charge in [0.2, 0.25) is 0 Å². The van der Waals surface area contributed by atoms with E-state index in [1.54, 1.807) is 18.0 Å². The molecule has 1 N–H and O–H groups in total. The van der Waals surface area contributed by atoms with Gasteiger partial charge in [-0.3, -0.25) is 4.79 Å². The van der Waals surface area contributed by atoms with E-state index < -0.39 is 0 Å². The molecule has 3 aromatic rings. The first kappa shape index (κ1) is 21.0. The topological polar surface area (TPSA) is 38.3 Å². The first-order chi connectivity index (χ1) is 15.0. The van der Waals surface area contributed by atoms with Crippen molar-refractivity contribution in [2.24, 2.45) is 0 Å².